The van der Waals surface area contributed by atoms with Crippen LogP contribution >= 0.6 is 0 Å². The minimum absolute atomic E-state index is 0.549. The van der Waals surface area contributed by atoms with E-state index >= 15 is 0 Å². The maximum atomic E-state index is 6.04. The van der Waals surface area contributed by atoms with E-state index in [4.69, 9.17) is 19.6 Å². The van der Waals surface area contributed by atoms with Gasteiger partial charge in [-0.1, -0.05) is 25.1 Å². The van der Waals surface area contributed by atoms with Crippen LogP contribution in [0.2, 0.25) is 0 Å². The van der Waals surface area contributed by atoms with Gasteiger partial charge in [-0.3, -0.25) is 0 Å². The Hall–Kier alpha value is -3.73. The van der Waals surface area contributed by atoms with Crippen LogP contribution < -0.4 is 11.1 Å². The van der Waals surface area contributed by atoms with Crippen molar-refractivity contribution in [2.75, 3.05) is 17.6 Å². The van der Waals surface area contributed by atoms with Gasteiger partial charge in [0.2, 0.25) is 5.89 Å². The number of anilines is 2. The predicted molar refractivity (Wildman–Crippen MR) is 118 cm³/mol. The zero-order valence-corrected chi connectivity index (χ0v) is 16.1. The second-order valence-corrected chi connectivity index (χ2v) is 7.08. The van der Waals surface area contributed by atoms with Gasteiger partial charge in [-0.05, 0) is 55.0 Å². The molecule has 0 fully saturated rings. The molecule has 0 aliphatic heterocycles. The quantitative estimate of drug-likeness (QED) is 0.348. The Morgan fingerprint density at radius 2 is 1.83 bits per heavy atom. The maximum Gasteiger partial charge on any atom is 0.229 e. The normalized spacial score (nSPS) is 11.3. The van der Waals surface area contributed by atoms with Crippen molar-refractivity contribution in [2.45, 2.75) is 13.3 Å². The molecule has 0 radical (unpaired) electrons. The summed E-state index contributed by atoms with van der Waals surface area (Å²) in [6.07, 6.45) is 1.03. The Kier molecular flexibility index (Phi) is 4.21. The second kappa shape index (κ2) is 7.02. The van der Waals surface area contributed by atoms with E-state index in [2.05, 4.69) is 12.2 Å². The lowest BCUT2D eigenvalue weighted by Crippen LogP contribution is -2.02. The van der Waals surface area contributed by atoms with Gasteiger partial charge in [-0.25, -0.2) is 4.98 Å². The van der Waals surface area contributed by atoms with Gasteiger partial charge in [0.05, 0.1) is 5.56 Å². The molecule has 144 valence electrons. The molecule has 5 nitrogen and oxygen atoms in total. The minimum atomic E-state index is 0.549. The van der Waals surface area contributed by atoms with Crippen molar-refractivity contribution in [2.24, 2.45) is 0 Å². The molecule has 0 unspecified atom stereocenters. The third kappa shape index (κ3) is 3.21. The average Bonchev–Trinajstić information content (AvgIpc) is 3.36. The molecule has 29 heavy (non-hydrogen) atoms. The number of aromatic nitrogens is 1. The van der Waals surface area contributed by atoms with Crippen LogP contribution in [0, 0.1) is 0 Å². The summed E-state index contributed by atoms with van der Waals surface area (Å²) in [5.41, 5.74) is 11.9. The highest BCUT2D eigenvalue weighted by Gasteiger charge is 2.15. The monoisotopic (exact) mass is 383 g/mol. The molecule has 0 aliphatic carbocycles. The smallest absolute Gasteiger partial charge is 0.229 e. The van der Waals surface area contributed by atoms with Crippen LogP contribution in [0.25, 0.3) is 44.8 Å². The Balaban J connectivity index is 1.57. The lowest BCUT2D eigenvalue weighted by atomic mass is 10.1. The Bertz CT molecular complexity index is 1280. The number of fused-ring (bicyclic) bond motifs is 2. The number of nitrogens with zero attached hydrogens (tertiary/aromatic N) is 1. The van der Waals surface area contributed by atoms with E-state index in [0.29, 0.717) is 11.6 Å². The topological polar surface area (TPSA) is 77.2 Å². The number of rotatable bonds is 5. The molecule has 2 heterocycles. The Morgan fingerprint density at radius 3 is 2.69 bits per heavy atom. The van der Waals surface area contributed by atoms with Gasteiger partial charge < -0.3 is 19.9 Å². The molecule has 0 aliphatic rings. The van der Waals surface area contributed by atoms with Crippen LogP contribution in [0.5, 0.6) is 0 Å². The lowest BCUT2D eigenvalue weighted by molar-refractivity contribution is 0.620. The second-order valence-electron chi connectivity index (χ2n) is 7.08. The van der Waals surface area contributed by atoms with Crippen LogP contribution in [-0.4, -0.2) is 11.5 Å². The molecular formula is C24H21N3O2. The summed E-state index contributed by atoms with van der Waals surface area (Å²) in [5.74, 6) is 1.36. The van der Waals surface area contributed by atoms with Gasteiger partial charge >= 0.3 is 0 Å². The van der Waals surface area contributed by atoms with E-state index in [-0.39, 0.29) is 0 Å². The van der Waals surface area contributed by atoms with Crippen LogP contribution in [0.1, 0.15) is 13.3 Å². The Morgan fingerprint density at radius 1 is 0.931 bits per heavy atom. The summed E-state index contributed by atoms with van der Waals surface area (Å²) in [4.78, 5) is 4.73. The van der Waals surface area contributed by atoms with Gasteiger partial charge in [0.1, 0.15) is 16.9 Å². The van der Waals surface area contributed by atoms with Crippen LogP contribution in [0.3, 0.4) is 0 Å². The summed E-state index contributed by atoms with van der Waals surface area (Å²) in [6.45, 7) is 3.00. The van der Waals surface area contributed by atoms with Crippen molar-refractivity contribution >= 4 is 33.4 Å². The van der Waals surface area contributed by atoms with E-state index < -0.39 is 0 Å². The molecule has 0 saturated heterocycles. The van der Waals surface area contributed by atoms with E-state index in [9.17, 15) is 0 Å². The summed E-state index contributed by atoms with van der Waals surface area (Å²) in [7, 11) is 0. The molecule has 5 rings (SSSR count). The SMILES string of the molecule is CCCNc1ccc(N)cc1-c1nc2cc(-c3cc4ccccc4o3)ccc2o1. The number of benzene rings is 3. The van der Waals surface area contributed by atoms with Crippen molar-refractivity contribution in [1.82, 2.24) is 4.98 Å². The number of para-hydroxylation sites is 1. The zero-order chi connectivity index (χ0) is 19.8. The molecule has 0 bridgehead atoms. The molecule has 5 heteroatoms. The van der Waals surface area contributed by atoms with Crippen molar-refractivity contribution in [3.8, 4) is 22.8 Å². The number of nitrogens with two attached hydrogens (primary N) is 1. The highest BCUT2D eigenvalue weighted by atomic mass is 16.3. The fraction of sp³-hybridized carbons (Fsp3) is 0.125. The summed E-state index contributed by atoms with van der Waals surface area (Å²) < 4.78 is 12.0. The standard InChI is InChI=1S/C24H21N3O2/c1-2-11-26-19-9-8-17(25)14-18(19)24-27-20-12-16(7-10-22(20)29-24)23-13-15-5-3-4-6-21(15)28-23/h3-10,12-14,26H,2,11,25H2,1H3. The molecule has 5 aromatic rings. The fourth-order valence-corrected chi connectivity index (χ4v) is 3.47. The number of hydrogen-bond donors (Lipinski definition) is 2. The van der Waals surface area contributed by atoms with Crippen molar-refractivity contribution in [3.63, 3.8) is 0 Å². The summed E-state index contributed by atoms with van der Waals surface area (Å²) in [5, 5.41) is 4.49. The van der Waals surface area contributed by atoms with Crippen LogP contribution in [0.15, 0.2) is 75.6 Å². The van der Waals surface area contributed by atoms with Gasteiger partial charge in [-0.2, -0.15) is 0 Å². The molecule has 3 aromatic carbocycles. The summed E-state index contributed by atoms with van der Waals surface area (Å²) in [6, 6.07) is 21.7. The first kappa shape index (κ1) is 17.4. The van der Waals surface area contributed by atoms with Crippen molar-refractivity contribution < 1.29 is 8.83 Å². The minimum Gasteiger partial charge on any atom is -0.456 e. The first-order valence-corrected chi connectivity index (χ1v) is 9.74. The van der Waals surface area contributed by atoms with Crippen molar-refractivity contribution in [1.29, 1.82) is 0 Å². The fourth-order valence-electron chi connectivity index (χ4n) is 3.47. The zero-order valence-electron chi connectivity index (χ0n) is 16.1. The molecule has 3 N–H and O–H groups in total. The highest BCUT2D eigenvalue weighted by Crippen LogP contribution is 2.34. The predicted octanol–water partition coefficient (Wildman–Crippen LogP) is 6.31. The third-order valence-corrected chi connectivity index (χ3v) is 4.94. The molecule has 2 aromatic heterocycles. The third-order valence-electron chi connectivity index (χ3n) is 4.94. The molecular weight excluding hydrogens is 362 g/mol. The van der Waals surface area contributed by atoms with Crippen LogP contribution in [-0.2, 0) is 0 Å². The van der Waals surface area contributed by atoms with E-state index in [1.807, 2.05) is 66.7 Å². The Labute approximate surface area is 168 Å². The van der Waals surface area contributed by atoms with Crippen molar-refractivity contribution in [3.05, 3.63) is 66.7 Å². The number of nitrogens with one attached hydrogen (secondary N) is 1. The number of nitrogen functional groups attached to an aromatic ring is 1. The lowest BCUT2D eigenvalue weighted by Gasteiger charge is -2.09. The summed E-state index contributed by atoms with van der Waals surface area (Å²) >= 11 is 0. The first-order chi connectivity index (χ1) is 14.2. The average molecular weight is 383 g/mol. The molecule has 0 spiro atoms. The number of oxazole rings is 1. The number of hydrogen-bond acceptors (Lipinski definition) is 5. The van der Waals surface area contributed by atoms with Gasteiger partial charge in [-0.15, -0.1) is 0 Å². The maximum absolute atomic E-state index is 6.04. The first-order valence-electron chi connectivity index (χ1n) is 9.74. The largest absolute Gasteiger partial charge is 0.456 e. The van der Waals surface area contributed by atoms with E-state index in [1.165, 1.54) is 0 Å². The van der Waals surface area contributed by atoms with Crippen LogP contribution in [0.4, 0.5) is 11.4 Å². The molecule has 0 saturated carbocycles. The van der Waals surface area contributed by atoms with Gasteiger partial charge in [0.15, 0.2) is 5.58 Å². The number of furan rings is 1. The van der Waals surface area contributed by atoms with E-state index in [1.54, 1.807) is 0 Å². The molecule has 0 atom stereocenters. The van der Waals surface area contributed by atoms with Gasteiger partial charge in [0, 0.05) is 28.9 Å². The van der Waals surface area contributed by atoms with E-state index in [0.717, 1.165) is 57.6 Å². The molecule has 0 amide bonds. The highest BCUT2D eigenvalue weighted by molar-refractivity contribution is 5.87. The van der Waals surface area contributed by atoms with Gasteiger partial charge in [0.25, 0.3) is 0 Å².